The quantitative estimate of drug-likeness (QED) is 0.500. The summed E-state index contributed by atoms with van der Waals surface area (Å²) in [4.78, 5) is 25.9. The number of ketones is 1. The standard InChI is InChI=1S/C24H21N3O3/c1-3-15-8-10-17(11-9-15)27-24-22(14(2)26-27)18(13-21(28)25-24)23(29)20-12-16-6-4-5-7-19(16)30-20/h4-12,18H,3,13H2,1-2H3,(H,25,28)/t18-/m0/s1. The number of nitrogens with one attached hydrogen (secondary N) is 1. The maximum atomic E-state index is 13.3. The summed E-state index contributed by atoms with van der Waals surface area (Å²) in [6.07, 6.45) is 1.02. The molecule has 0 fully saturated rings. The lowest BCUT2D eigenvalue weighted by atomic mass is 9.87. The summed E-state index contributed by atoms with van der Waals surface area (Å²) in [5, 5.41) is 8.42. The second-order valence-electron chi connectivity index (χ2n) is 7.60. The summed E-state index contributed by atoms with van der Waals surface area (Å²) >= 11 is 0. The lowest BCUT2D eigenvalue weighted by molar-refractivity contribution is -0.116. The molecule has 150 valence electrons. The van der Waals surface area contributed by atoms with Gasteiger partial charge in [0.1, 0.15) is 11.4 Å². The number of furan rings is 1. The van der Waals surface area contributed by atoms with E-state index >= 15 is 0 Å². The van der Waals surface area contributed by atoms with Crippen LogP contribution in [0.2, 0.25) is 0 Å². The van der Waals surface area contributed by atoms with Gasteiger partial charge in [-0.3, -0.25) is 9.59 Å². The summed E-state index contributed by atoms with van der Waals surface area (Å²) in [6, 6.07) is 17.3. The van der Waals surface area contributed by atoms with Gasteiger partial charge in [0.05, 0.1) is 17.3 Å². The van der Waals surface area contributed by atoms with E-state index in [0.29, 0.717) is 11.4 Å². The molecule has 1 amide bonds. The summed E-state index contributed by atoms with van der Waals surface area (Å²) < 4.78 is 7.49. The highest BCUT2D eigenvalue weighted by Crippen LogP contribution is 2.39. The van der Waals surface area contributed by atoms with Crippen molar-refractivity contribution in [1.82, 2.24) is 9.78 Å². The summed E-state index contributed by atoms with van der Waals surface area (Å²) in [7, 11) is 0. The van der Waals surface area contributed by atoms with Crippen molar-refractivity contribution in [3.63, 3.8) is 0 Å². The van der Waals surface area contributed by atoms with Crippen molar-refractivity contribution in [3.05, 3.63) is 77.2 Å². The molecule has 30 heavy (non-hydrogen) atoms. The third-order valence-corrected chi connectivity index (χ3v) is 5.68. The van der Waals surface area contributed by atoms with Crippen LogP contribution in [-0.4, -0.2) is 21.5 Å². The van der Waals surface area contributed by atoms with Crippen LogP contribution in [0.3, 0.4) is 0 Å². The molecular formula is C24H21N3O3. The zero-order chi connectivity index (χ0) is 20.8. The van der Waals surface area contributed by atoms with Gasteiger partial charge >= 0.3 is 0 Å². The van der Waals surface area contributed by atoms with Crippen LogP contribution in [0.1, 0.15) is 46.6 Å². The Morgan fingerprint density at radius 1 is 1.20 bits per heavy atom. The number of aryl methyl sites for hydroxylation is 2. The fourth-order valence-corrected chi connectivity index (χ4v) is 4.11. The Labute approximate surface area is 173 Å². The van der Waals surface area contributed by atoms with Crippen molar-refractivity contribution in [1.29, 1.82) is 0 Å². The molecule has 0 aliphatic carbocycles. The van der Waals surface area contributed by atoms with Crippen molar-refractivity contribution >= 4 is 28.5 Å². The molecule has 0 saturated heterocycles. The van der Waals surface area contributed by atoms with Crippen molar-refractivity contribution in [2.45, 2.75) is 32.6 Å². The van der Waals surface area contributed by atoms with Crippen LogP contribution in [0.4, 0.5) is 5.82 Å². The molecule has 1 N–H and O–H groups in total. The van der Waals surface area contributed by atoms with Gasteiger partial charge in [0.25, 0.3) is 0 Å². The number of hydrogen-bond acceptors (Lipinski definition) is 4. The number of fused-ring (bicyclic) bond motifs is 2. The monoisotopic (exact) mass is 399 g/mol. The molecule has 4 aromatic rings. The summed E-state index contributed by atoms with van der Waals surface area (Å²) in [6.45, 7) is 3.97. The Balaban J connectivity index is 1.58. The van der Waals surface area contributed by atoms with E-state index in [1.807, 2.05) is 55.5 Å². The predicted octanol–water partition coefficient (Wildman–Crippen LogP) is 4.80. The molecule has 1 atom stereocenters. The lowest BCUT2D eigenvalue weighted by Gasteiger charge is -2.22. The van der Waals surface area contributed by atoms with E-state index in [9.17, 15) is 9.59 Å². The van der Waals surface area contributed by atoms with E-state index in [1.165, 1.54) is 5.56 Å². The Hall–Kier alpha value is -3.67. The first kappa shape index (κ1) is 18.4. The van der Waals surface area contributed by atoms with Gasteiger partial charge in [-0.2, -0.15) is 5.10 Å². The minimum atomic E-state index is -0.627. The van der Waals surface area contributed by atoms with Crippen LogP contribution in [-0.2, 0) is 11.2 Å². The number of benzene rings is 2. The number of hydrogen-bond donors (Lipinski definition) is 1. The molecule has 1 aliphatic rings. The van der Waals surface area contributed by atoms with Gasteiger partial charge in [0.2, 0.25) is 11.7 Å². The van der Waals surface area contributed by atoms with Crippen LogP contribution in [0.15, 0.2) is 59.0 Å². The van der Waals surface area contributed by atoms with Crippen LogP contribution in [0, 0.1) is 6.92 Å². The average Bonchev–Trinajstić information content (AvgIpc) is 3.34. The number of anilines is 1. The van der Waals surface area contributed by atoms with Gasteiger partial charge in [0.15, 0.2) is 5.76 Å². The number of Topliss-reactive ketones (excluding diaryl/α,β-unsaturated/α-hetero) is 1. The number of carbonyl (C=O) groups is 2. The SMILES string of the molecule is CCc1ccc(-n2nc(C)c3c2NC(=O)C[C@@H]3C(=O)c2cc3ccccc3o2)cc1. The fourth-order valence-electron chi connectivity index (χ4n) is 4.11. The Morgan fingerprint density at radius 3 is 2.70 bits per heavy atom. The number of amides is 1. The topological polar surface area (TPSA) is 77.1 Å². The molecule has 5 rings (SSSR count). The van der Waals surface area contributed by atoms with Gasteiger partial charge in [0, 0.05) is 17.4 Å². The summed E-state index contributed by atoms with van der Waals surface area (Å²) in [5.41, 5.74) is 4.19. The van der Waals surface area contributed by atoms with E-state index in [2.05, 4.69) is 17.3 Å². The first-order chi connectivity index (χ1) is 14.5. The third-order valence-electron chi connectivity index (χ3n) is 5.68. The lowest BCUT2D eigenvalue weighted by Crippen LogP contribution is -2.28. The number of carbonyl (C=O) groups excluding carboxylic acids is 2. The Morgan fingerprint density at radius 2 is 1.97 bits per heavy atom. The second-order valence-corrected chi connectivity index (χ2v) is 7.60. The number of nitrogens with zero attached hydrogens (tertiary/aromatic N) is 2. The minimum absolute atomic E-state index is 0.0736. The Bertz CT molecular complexity index is 1250. The molecule has 6 heteroatoms. The fraction of sp³-hybridized carbons (Fsp3) is 0.208. The van der Waals surface area contributed by atoms with Crippen LogP contribution >= 0.6 is 0 Å². The number of rotatable bonds is 4. The van der Waals surface area contributed by atoms with Gasteiger partial charge < -0.3 is 9.73 Å². The van der Waals surface area contributed by atoms with E-state index in [1.54, 1.807) is 10.7 Å². The van der Waals surface area contributed by atoms with E-state index in [4.69, 9.17) is 4.42 Å². The second kappa shape index (κ2) is 6.99. The molecule has 2 aromatic carbocycles. The third kappa shape index (κ3) is 2.92. The smallest absolute Gasteiger partial charge is 0.226 e. The molecule has 1 aliphatic heterocycles. The first-order valence-electron chi connectivity index (χ1n) is 10.1. The van der Waals surface area contributed by atoms with E-state index in [0.717, 1.165) is 28.8 Å². The normalized spacial score (nSPS) is 15.8. The van der Waals surface area contributed by atoms with Gasteiger partial charge in [-0.15, -0.1) is 0 Å². The largest absolute Gasteiger partial charge is 0.453 e. The zero-order valence-corrected chi connectivity index (χ0v) is 16.8. The van der Waals surface area contributed by atoms with Gasteiger partial charge in [-0.25, -0.2) is 4.68 Å². The molecule has 6 nitrogen and oxygen atoms in total. The maximum Gasteiger partial charge on any atom is 0.226 e. The van der Waals surface area contributed by atoms with Crippen molar-refractivity contribution in [2.75, 3.05) is 5.32 Å². The predicted molar refractivity (Wildman–Crippen MR) is 114 cm³/mol. The van der Waals surface area contributed by atoms with Crippen LogP contribution in [0.5, 0.6) is 0 Å². The van der Waals surface area contributed by atoms with E-state index in [-0.39, 0.29) is 23.9 Å². The van der Waals surface area contributed by atoms with E-state index < -0.39 is 5.92 Å². The first-order valence-corrected chi connectivity index (χ1v) is 10.1. The molecule has 0 unspecified atom stereocenters. The highest BCUT2D eigenvalue weighted by atomic mass is 16.3. The maximum absolute atomic E-state index is 13.3. The highest BCUT2D eigenvalue weighted by Gasteiger charge is 2.37. The highest BCUT2D eigenvalue weighted by molar-refractivity contribution is 6.08. The summed E-state index contributed by atoms with van der Waals surface area (Å²) in [5.74, 6) is -0.212. The molecule has 0 saturated carbocycles. The number of para-hydroxylation sites is 1. The zero-order valence-electron chi connectivity index (χ0n) is 16.8. The molecule has 2 aromatic heterocycles. The van der Waals surface area contributed by atoms with Gasteiger partial charge in [-0.1, -0.05) is 37.3 Å². The van der Waals surface area contributed by atoms with Crippen LogP contribution in [0.25, 0.3) is 16.7 Å². The molecular weight excluding hydrogens is 378 g/mol. The molecule has 0 spiro atoms. The molecule has 3 heterocycles. The van der Waals surface area contributed by atoms with Crippen LogP contribution < -0.4 is 5.32 Å². The minimum Gasteiger partial charge on any atom is -0.453 e. The Kier molecular flexibility index (Phi) is 4.28. The van der Waals surface area contributed by atoms with Crippen molar-refractivity contribution in [3.8, 4) is 5.69 Å². The molecule has 0 bridgehead atoms. The van der Waals surface area contributed by atoms with Crippen molar-refractivity contribution < 1.29 is 14.0 Å². The average molecular weight is 399 g/mol. The van der Waals surface area contributed by atoms with Gasteiger partial charge in [-0.05, 0) is 43.2 Å². The number of aromatic nitrogens is 2. The molecule has 0 radical (unpaired) electrons. The van der Waals surface area contributed by atoms with Crippen molar-refractivity contribution in [2.24, 2.45) is 0 Å².